The van der Waals surface area contributed by atoms with E-state index in [1.807, 2.05) is 0 Å². The van der Waals surface area contributed by atoms with Crippen molar-refractivity contribution in [3.63, 3.8) is 0 Å². The van der Waals surface area contributed by atoms with Crippen molar-refractivity contribution in [3.8, 4) is 100 Å². The first-order valence-corrected chi connectivity index (χ1v) is 46.1. The van der Waals surface area contributed by atoms with Crippen LogP contribution in [-0.4, -0.2) is 0 Å². The standard InChI is InChI=1S/C67H51N.C61H47N/c1-65(2)59-23-13-15-25-61(59)67(62-26-16-14-24-60(62)65)57-22-12-11-21-53(57)56-41-48(32-40-58(56)67)49-31-38-54-55-39-37-52(43-64(55)66(3,4)63(54)42-49)68(50-33-27-46(28-34-50)44-17-7-5-8-18-44)51-35-29-47(30-36-51)45-19-9-6-10-20-45;1-59(2)53-23-13-15-25-55(53)61(56-26-16-14-24-54(56)59)51-22-12-11-21-47(51)50-37-42(30-36-52(50)61)43-29-34-48-49-35-33-46(39-58(49)60(3,4)57(48)38-43)62(44-19-9-6-10-20-44)45-31-27-41(28-32-45)40-17-7-5-8-18-40/h5-43H,1-4H3;5-39H,1-4H3. The molecule has 0 saturated heterocycles. The van der Waals surface area contributed by atoms with Gasteiger partial charge in [-0.25, -0.2) is 0 Å². The predicted molar refractivity (Wildman–Crippen MR) is 543 cm³/mol. The Morgan fingerprint density at radius 1 is 0.123 bits per heavy atom. The third-order valence-electron chi connectivity index (χ3n) is 30.3. The number of anilines is 6. The van der Waals surface area contributed by atoms with Gasteiger partial charge < -0.3 is 9.80 Å². The molecule has 130 heavy (non-hydrogen) atoms. The van der Waals surface area contributed by atoms with Crippen LogP contribution in [0.5, 0.6) is 0 Å². The van der Waals surface area contributed by atoms with E-state index in [-0.39, 0.29) is 27.1 Å². The molecule has 0 radical (unpaired) electrons. The summed E-state index contributed by atoms with van der Waals surface area (Å²) >= 11 is 0. The van der Waals surface area contributed by atoms with Crippen LogP contribution < -0.4 is 9.80 Å². The molecule has 2 nitrogen and oxygen atoms in total. The van der Waals surface area contributed by atoms with Gasteiger partial charge in [0.05, 0.1) is 10.8 Å². The molecule has 0 amide bonds. The molecule has 19 aromatic carbocycles. The van der Waals surface area contributed by atoms with Gasteiger partial charge in [0.2, 0.25) is 0 Å². The molecule has 0 heterocycles. The lowest BCUT2D eigenvalue weighted by Gasteiger charge is -2.46. The van der Waals surface area contributed by atoms with E-state index < -0.39 is 5.41 Å². The maximum atomic E-state index is 2.48. The van der Waals surface area contributed by atoms with Gasteiger partial charge >= 0.3 is 0 Å². The van der Waals surface area contributed by atoms with Crippen molar-refractivity contribution < 1.29 is 0 Å². The number of benzene rings is 19. The minimum atomic E-state index is -0.395. The molecular weight excluding hydrogens is 1570 g/mol. The number of rotatable bonds is 11. The van der Waals surface area contributed by atoms with Crippen molar-refractivity contribution >= 4 is 34.1 Å². The average Bonchev–Trinajstić information content (AvgIpc) is 1.47. The van der Waals surface area contributed by atoms with Crippen LogP contribution in [0.2, 0.25) is 0 Å². The number of hydrogen-bond donors (Lipinski definition) is 0. The van der Waals surface area contributed by atoms with Gasteiger partial charge in [-0.3, -0.25) is 0 Å². The fraction of sp³-hybridized carbons (Fsp3) is 0.109. The number of nitrogens with zero attached hydrogens (tertiary/aromatic N) is 2. The van der Waals surface area contributed by atoms with Gasteiger partial charge in [0.25, 0.3) is 0 Å². The highest BCUT2D eigenvalue weighted by molar-refractivity contribution is 5.96. The Balaban J connectivity index is 0.000000145. The lowest BCUT2D eigenvalue weighted by atomic mass is 9.55. The van der Waals surface area contributed by atoms with Crippen LogP contribution in [0.1, 0.15) is 144 Å². The summed E-state index contributed by atoms with van der Waals surface area (Å²) in [6, 6.07) is 168. The Kier molecular flexibility index (Phi) is 17.9. The first-order chi connectivity index (χ1) is 63.5. The van der Waals surface area contributed by atoms with E-state index in [2.05, 4.69) is 514 Å². The Hall–Kier alpha value is -15.2. The van der Waals surface area contributed by atoms with Crippen LogP contribution in [0, 0.1) is 0 Å². The van der Waals surface area contributed by atoms with Crippen LogP contribution >= 0.6 is 0 Å². The normalized spacial score (nSPS) is 15.0. The van der Waals surface area contributed by atoms with Gasteiger partial charge in [-0.1, -0.05) is 407 Å². The molecule has 19 aromatic rings. The molecule has 25 rings (SSSR count). The predicted octanol–water partition coefficient (Wildman–Crippen LogP) is 33.3. The molecule has 2 spiro atoms. The van der Waals surface area contributed by atoms with E-state index in [9.17, 15) is 0 Å². The van der Waals surface area contributed by atoms with Crippen molar-refractivity contribution in [2.75, 3.05) is 9.80 Å². The summed E-state index contributed by atoms with van der Waals surface area (Å²) in [4.78, 5) is 4.80. The highest BCUT2D eigenvalue weighted by Gasteiger charge is 2.56. The van der Waals surface area contributed by atoms with E-state index in [1.54, 1.807) is 0 Å². The van der Waals surface area contributed by atoms with Gasteiger partial charge in [0.15, 0.2) is 0 Å². The molecule has 0 aliphatic heterocycles. The minimum absolute atomic E-state index is 0.111. The van der Waals surface area contributed by atoms with Crippen molar-refractivity contribution in [3.05, 3.63) is 538 Å². The van der Waals surface area contributed by atoms with Crippen LogP contribution in [0.3, 0.4) is 0 Å². The summed E-state index contributed by atoms with van der Waals surface area (Å²) in [7, 11) is 0. The molecule has 2 heteroatoms. The molecule has 0 atom stereocenters. The molecule has 0 unspecified atom stereocenters. The molecule has 0 fully saturated rings. The summed E-state index contributed by atoms with van der Waals surface area (Å²) in [5.74, 6) is 0. The SMILES string of the molecule is CC1(C)c2cc(-c3ccc4c(c3)-c3ccccc3C43c4ccccc4C(C)(C)c4ccccc43)ccc2-c2ccc(N(c3ccc(-c4ccccc4)cc3)c3ccc(-c4ccccc4)cc3)cc21.CC1(C)c2cc(-c3ccc4c(c3)-c3ccccc3C43c4ccccc4C(C)(C)c4ccccc43)ccc2-c2ccc(N(c3ccccc3)c3ccc(-c4ccccc4)cc3)cc21. The van der Waals surface area contributed by atoms with E-state index in [1.165, 1.54) is 189 Å². The van der Waals surface area contributed by atoms with Gasteiger partial charge in [0.1, 0.15) is 0 Å². The third-order valence-corrected chi connectivity index (χ3v) is 30.3. The zero-order valence-electron chi connectivity index (χ0n) is 74.6. The van der Waals surface area contributed by atoms with Crippen molar-refractivity contribution in [1.29, 1.82) is 0 Å². The highest BCUT2D eigenvalue weighted by atomic mass is 15.1. The van der Waals surface area contributed by atoms with Gasteiger partial charge in [-0.2, -0.15) is 0 Å². The minimum Gasteiger partial charge on any atom is -0.310 e. The average molecular weight is 1660 g/mol. The Labute approximate surface area is 764 Å². The molecule has 620 valence electrons. The first-order valence-electron chi connectivity index (χ1n) is 46.1. The zero-order valence-corrected chi connectivity index (χ0v) is 74.6. The Bertz CT molecular complexity index is 7560. The molecule has 0 saturated carbocycles. The third kappa shape index (κ3) is 11.7. The topological polar surface area (TPSA) is 6.48 Å². The zero-order chi connectivity index (χ0) is 87.6. The summed E-state index contributed by atoms with van der Waals surface area (Å²) in [5.41, 5.74) is 50.3. The van der Waals surface area contributed by atoms with E-state index in [4.69, 9.17) is 0 Å². The maximum absolute atomic E-state index is 2.48. The van der Waals surface area contributed by atoms with E-state index in [0.29, 0.717) is 0 Å². The van der Waals surface area contributed by atoms with E-state index >= 15 is 0 Å². The maximum Gasteiger partial charge on any atom is 0.0719 e. The lowest BCUT2D eigenvalue weighted by molar-refractivity contribution is 0.563. The van der Waals surface area contributed by atoms with Crippen LogP contribution in [0.15, 0.2) is 449 Å². The fourth-order valence-corrected chi connectivity index (χ4v) is 23.9. The highest BCUT2D eigenvalue weighted by Crippen LogP contribution is 2.66. The van der Waals surface area contributed by atoms with Crippen molar-refractivity contribution in [2.24, 2.45) is 0 Å². The van der Waals surface area contributed by atoms with Crippen molar-refractivity contribution in [2.45, 2.75) is 87.9 Å². The largest absolute Gasteiger partial charge is 0.310 e. The second-order valence-corrected chi connectivity index (χ2v) is 38.5. The van der Waals surface area contributed by atoms with Crippen LogP contribution in [0.25, 0.3) is 100 Å². The van der Waals surface area contributed by atoms with E-state index in [0.717, 1.165) is 34.1 Å². The monoisotopic (exact) mass is 1660 g/mol. The van der Waals surface area contributed by atoms with Crippen molar-refractivity contribution in [1.82, 2.24) is 0 Å². The summed E-state index contributed by atoms with van der Waals surface area (Å²) < 4.78 is 0. The molecular formula is C128H98N2. The van der Waals surface area contributed by atoms with Gasteiger partial charge in [0, 0.05) is 55.8 Å². The van der Waals surface area contributed by atoms with Gasteiger partial charge in [-0.15, -0.1) is 0 Å². The quantitative estimate of drug-likeness (QED) is 0.127. The first kappa shape index (κ1) is 78.3. The number of hydrogen-bond acceptors (Lipinski definition) is 2. The lowest BCUT2D eigenvalue weighted by Crippen LogP contribution is -2.40. The van der Waals surface area contributed by atoms with Crippen LogP contribution in [-0.2, 0) is 32.5 Å². The Morgan fingerprint density at radius 3 is 0.646 bits per heavy atom. The second kappa shape index (κ2) is 29.7. The van der Waals surface area contributed by atoms with Gasteiger partial charge in [-0.05, 0) is 286 Å². The smallest absolute Gasteiger partial charge is 0.0719 e. The fourth-order valence-electron chi connectivity index (χ4n) is 23.9. The summed E-state index contributed by atoms with van der Waals surface area (Å²) in [5, 5.41) is 0. The molecule has 0 bridgehead atoms. The van der Waals surface area contributed by atoms with Crippen LogP contribution in [0.4, 0.5) is 34.1 Å². The number of para-hydroxylation sites is 1. The Morgan fingerprint density at radius 2 is 0.323 bits per heavy atom. The molecule has 0 aromatic heterocycles. The summed E-state index contributed by atoms with van der Waals surface area (Å²) in [6.45, 7) is 19.2. The molecule has 0 N–H and O–H groups in total. The molecule has 6 aliphatic carbocycles. The number of fused-ring (bicyclic) bond motifs is 24. The second-order valence-electron chi connectivity index (χ2n) is 38.5. The molecule has 6 aliphatic rings. The summed E-state index contributed by atoms with van der Waals surface area (Å²) in [6.07, 6.45) is 0.